The molecule has 1 spiro atoms. The Labute approximate surface area is 157 Å². The van der Waals surface area contributed by atoms with E-state index in [0.29, 0.717) is 24.8 Å². The smallest absolute Gasteiger partial charge is 0.259 e. The summed E-state index contributed by atoms with van der Waals surface area (Å²) >= 11 is 0. The SMILES string of the molecule is CC1CCC2(CC1)OC[C@@H](C(=O)NC1CC1)N2C(=O)c1ccc(F)cc1F. The fourth-order valence-electron chi connectivity index (χ4n) is 4.10. The van der Waals surface area contributed by atoms with Gasteiger partial charge >= 0.3 is 0 Å². The number of carbonyl (C=O) groups is 2. The van der Waals surface area contributed by atoms with E-state index in [1.54, 1.807) is 0 Å². The first kappa shape index (κ1) is 18.3. The van der Waals surface area contributed by atoms with Crippen LogP contribution in [0.2, 0.25) is 0 Å². The summed E-state index contributed by atoms with van der Waals surface area (Å²) in [4.78, 5) is 27.4. The molecule has 1 N–H and O–H groups in total. The quantitative estimate of drug-likeness (QED) is 0.880. The molecule has 0 aromatic heterocycles. The summed E-state index contributed by atoms with van der Waals surface area (Å²) < 4.78 is 33.6. The van der Waals surface area contributed by atoms with Crippen molar-refractivity contribution in [3.63, 3.8) is 0 Å². The van der Waals surface area contributed by atoms with Crippen LogP contribution in [0.1, 0.15) is 55.8 Å². The molecule has 3 fully saturated rings. The molecule has 0 radical (unpaired) electrons. The van der Waals surface area contributed by atoms with Crippen LogP contribution in [0.5, 0.6) is 0 Å². The number of halogens is 2. The highest BCUT2D eigenvalue weighted by Gasteiger charge is 2.54. The Morgan fingerprint density at radius 1 is 1.19 bits per heavy atom. The highest BCUT2D eigenvalue weighted by molar-refractivity contribution is 5.98. The molecular formula is C20H24F2N2O3. The summed E-state index contributed by atoms with van der Waals surface area (Å²) in [6, 6.07) is 2.25. The van der Waals surface area contributed by atoms with E-state index < -0.39 is 29.3 Å². The van der Waals surface area contributed by atoms with E-state index >= 15 is 0 Å². The average molecular weight is 378 g/mol. The number of nitrogens with zero attached hydrogens (tertiary/aromatic N) is 1. The van der Waals surface area contributed by atoms with Gasteiger partial charge in [-0.3, -0.25) is 14.5 Å². The first-order valence-corrected chi connectivity index (χ1v) is 9.63. The number of nitrogens with one attached hydrogen (secondary N) is 1. The fourth-order valence-corrected chi connectivity index (χ4v) is 4.10. The Morgan fingerprint density at radius 2 is 1.89 bits per heavy atom. The molecule has 2 amide bonds. The molecule has 1 aromatic carbocycles. The van der Waals surface area contributed by atoms with Gasteiger partial charge in [-0.05, 0) is 56.6 Å². The Morgan fingerprint density at radius 3 is 2.52 bits per heavy atom. The highest BCUT2D eigenvalue weighted by Crippen LogP contribution is 2.43. The Balaban J connectivity index is 1.66. The molecule has 0 unspecified atom stereocenters. The number of hydrogen-bond acceptors (Lipinski definition) is 3. The van der Waals surface area contributed by atoms with Crippen LogP contribution in [0.25, 0.3) is 0 Å². The van der Waals surface area contributed by atoms with Crippen molar-refractivity contribution in [2.24, 2.45) is 5.92 Å². The lowest BCUT2D eigenvalue weighted by molar-refractivity contribution is -0.128. The summed E-state index contributed by atoms with van der Waals surface area (Å²) in [6.45, 7) is 2.24. The van der Waals surface area contributed by atoms with Gasteiger partial charge in [-0.1, -0.05) is 6.92 Å². The van der Waals surface area contributed by atoms with Crippen LogP contribution in [-0.4, -0.2) is 41.1 Å². The van der Waals surface area contributed by atoms with Gasteiger partial charge in [-0.2, -0.15) is 0 Å². The van der Waals surface area contributed by atoms with E-state index in [1.807, 2.05) is 0 Å². The van der Waals surface area contributed by atoms with Gasteiger partial charge in [0.05, 0.1) is 12.2 Å². The van der Waals surface area contributed by atoms with Crippen molar-refractivity contribution in [1.82, 2.24) is 10.2 Å². The van der Waals surface area contributed by atoms with Crippen LogP contribution < -0.4 is 5.32 Å². The van der Waals surface area contributed by atoms with Gasteiger partial charge in [0.25, 0.3) is 5.91 Å². The van der Waals surface area contributed by atoms with Crippen molar-refractivity contribution in [3.8, 4) is 0 Å². The second kappa shape index (κ2) is 6.86. The van der Waals surface area contributed by atoms with Gasteiger partial charge < -0.3 is 10.1 Å². The number of rotatable bonds is 3. The van der Waals surface area contributed by atoms with Crippen LogP contribution in [0.4, 0.5) is 8.78 Å². The molecule has 4 rings (SSSR count). The molecule has 7 heteroatoms. The monoisotopic (exact) mass is 378 g/mol. The highest BCUT2D eigenvalue weighted by atomic mass is 19.1. The van der Waals surface area contributed by atoms with Crippen LogP contribution in [0.3, 0.4) is 0 Å². The predicted molar refractivity (Wildman–Crippen MR) is 93.8 cm³/mol. The van der Waals surface area contributed by atoms with Crippen LogP contribution >= 0.6 is 0 Å². The lowest BCUT2D eigenvalue weighted by Crippen LogP contribution is -2.57. The van der Waals surface area contributed by atoms with E-state index in [9.17, 15) is 18.4 Å². The summed E-state index contributed by atoms with van der Waals surface area (Å²) in [7, 11) is 0. The second-order valence-electron chi connectivity index (χ2n) is 8.04. The summed E-state index contributed by atoms with van der Waals surface area (Å²) in [5.41, 5.74) is -1.13. The minimum atomic E-state index is -0.924. The standard InChI is InChI=1S/C20H24F2N2O3/c1-12-6-8-20(9-7-12)24(17(11-27-20)18(25)23-14-3-4-14)19(26)15-5-2-13(21)10-16(15)22/h2,5,10,12,14,17H,3-4,6-9,11H2,1H3,(H,23,25)/t12?,17-,20?/m0/s1. The number of hydrogen-bond donors (Lipinski definition) is 1. The van der Waals surface area contributed by atoms with Gasteiger partial charge in [0, 0.05) is 12.1 Å². The van der Waals surface area contributed by atoms with Gasteiger partial charge in [-0.15, -0.1) is 0 Å². The molecule has 1 aliphatic heterocycles. The van der Waals surface area contributed by atoms with E-state index in [2.05, 4.69) is 12.2 Å². The summed E-state index contributed by atoms with van der Waals surface area (Å²) in [6.07, 6.45) is 4.82. The maximum Gasteiger partial charge on any atom is 0.259 e. The first-order chi connectivity index (χ1) is 12.9. The molecule has 1 aromatic rings. The molecule has 146 valence electrons. The summed E-state index contributed by atoms with van der Waals surface area (Å²) in [5.74, 6) is -2.03. The summed E-state index contributed by atoms with van der Waals surface area (Å²) in [5, 5.41) is 2.92. The molecule has 2 aliphatic carbocycles. The van der Waals surface area contributed by atoms with Crippen molar-refractivity contribution < 1.29 is 23.1 Å². The minimum Gasteiger partial charge on any atom is -0.353 e. The van der Waals surface area contributed by atoms with E-state index in [0.717, 1.165) is 37.8 Å². The maximum atomic E-state index is 14.3. The molecule has 1 atom stereocenters. The molecule has 5 nitrogen and oxygen atoms in total. The predicted octanol–water partition coefficient (Wildman–Crippen LogP) is 2.99. The molecular weight excluding hydrogens is 354 g/mol. The normalized spacial score (nSPS) is 30.6. The van der Waals surface area contributed by atoms with Crippen molar-refractivity contribution in [1.29, 1.82) is 0 Å². The molecule has 3 aliphatic rings. The third kappa shape index (κ3) is 3.45. The van der Waals surface area contributed by atoms with Crippen LogP contribution in [0, 0.1) is 17.6 Å². The lowest BCUT2D eigenvalue weighted by Gasteiger charge is -2.43. The van der Waals surface area contributed by atoms with Gasteiger partial charge in [0.1, 0.15) is 23.4 Å². The van der Waals surface area contributed by atoms with Crippen molar-refractivity contribution in [2.75, 3.05) is 6.61 Å². The van der Waals surface area contributed by atoms with Gasteiger partial charge in [0.15, 0.2) is 0 Å². The largest absolute Gasteiger partial charge is 0.353 e. The van der Waals surface area contributed by atoms with Crippen LogP contribution in [0.15, 0.2) is 18.2 Å². The minimum absolute atomic E-state index is 0.0987. The van der Waals surface area contributed by atoms with Crippen molar-refractivity contribution >= 4 is 11.8 Å². The molecule has 0 bridgehead atoms. The number of amides is 2. The third-order valence-corrected chi connectivity index (χ3v) is 5.92. The molecule has 1 saturated heterocycles. The Kier molecular flexibility index (Phi) is 4.66. The molecule has 2 saturated carbocycles. The molecule has 1 heterocycles. The zero-order valence-electron chi connectivity index (χ0n) is 15.3. The van der Waals surface area contributed by atoms with Crippen molar-refractivity contribution in [3.05, 3.63) is 35.4 Å². The van der Waals surface area contributed by atoms with E-state index in [1.165, 1.54) is 4.90 Å². The maximum absolute atomic E-state index is 14.3. The lowest BCUT2D eigenvalue weighted by atomic mass is 9.83. The zero-order valence-corrected chi connectivity index (χ0v) is 15.3. The average Bonchev–Trinajstić information content (AvgIpc) is 3.36. The number of ether oxygens (including phenoxy) is 1. The fraction of sp³-hybridized carbons (Fsp3) is 0.600. The molecule has 27 heavy (non-hydrogen) atoms. The zero-order chi connectivity index (χ0) is 19.2. The Bertz CT molecular complexity index is 758. The van der Waals surface area contributed by atoms with E-state index in [-0.39, 0.29) is 24.1 Å². The van der Waals surface area contributed by atoms with Gasteiger partial charge in [0.2, 0.25) is 5.91 Å². The first-order valence-electron chi connectivity index (χ1n) is 9.63. The van der Waals surface area contributed by atoms with Crippen LogP contribution in [-0.2, 0) is 9.53 Å². The number of benzene rings is 1. The Hall–Kier alpha value is -2.02. The second-order valence-corrected chi connectivity index (χ2v) is 8.04. The number of carbonyl (C=O) groups excluding carboxylic acids is 2. The third-order valence-electron chi connectivity index (χ3n) is 5.92. The topological polar surface area (TPSA) is 58.6 Å². The van der Waals surface area contributed by atoms with Crippen molar-refractivity contribution in [2.45, 2.75) is 63.3 Å². The van der Waals surface area contributed by atoms with E-state index in [4.69, 9.17) is 4.74 Å². The van der Waals surface area contributed by atoms with Gasteiger partial charge in [-0.25, -0.2) is 8.78 Å².